The molecule has 37 heavy (non-hydrogen) atoms. The number of fused-ring (bicyclic) bond motifs is 2. The van der Waals surface area contributed by atoms with E-state index < -0.39 is 54.0 Å². The number of halogens is 3. The molecule has 2 unspecified atom stereocenters. The van der Waals surface area contributed by atoms with Crippen molar-refractivity contribution >= 4 is 45.1 Å². The van der Waals surface area contributed by atoms with Gasteiger partial charge in [-0.2, -0.15) is 13.2 Å². The minimum atomic E-state index is -4.71. The third kappa shape index (κ3) is 4.02. The number of amides is 3. The number of benzene rings is 2. The van der Waals surface area contributed by atoms with Crippen molar-refractivity contribution in [3.8, 4) is 5.75 Å². The third-order valence-electron chi connectivity index (χ3n) is 6.40. The fraction of sp³-hybridized carbons (Fsp3) is 0.333. The summed E-state index contributed by atoms with van der Waals surface area (Å²) < 4.78 is 53.0. The number of rotatable bonds is 4. The molecule has 2 aromatic carbocycles. The van der Waals surface area contributed by atoms with Gasteiger partial charge in [0.25, 0.3) is 0 Å². The van der Waals surface area contributed by atoms with Gasteiger partial charge < -0.3 is 14.0 Å². The number of anilines is 1. The zero-order valence-electron chi connectivity index (χ0n) is 19.6. The topological polar surface area (TPSA) is 98.2 Å². The predicted molar refractivity (Wildman–Crippen MR) is 126 cm³/mol. The molecule has 194 valence electrons. The molecular weight excluding hydrogens is 515 g/mol. The number of hydrogen-bond acceptors (Lipinski definition) is 7. The van der Waals surface area contributed by atoms with Crippen LogP contribution in [0.25, 0.3) is 10.2 Å². The number of imide groups is 1. The largest absolute Gasteiger partial charge is 0.490 e. The Balaban J connectivity index is 1.59. The molecule has 5 rings (SSSR count). The quantitative estimate of drug-likeness (QED) is 0.373. The molecule has 1 saturated heterocycles. The number of carbonyl (C=O) groups excluding carboxylic acids is 3. The van der Waals surface area contributed by atoms with Crippen LogP contribution in [0.2, 0.25) is 0 Å². The molecule has 9 nitrogen and oxygen atoms in total. The Morgan fingerprint density at radius 2 is 1.95 bits per heavy atom. The number of nitrogens with zero attached hydrogens (tertiary/aromatic N) is 3. The molecule has 2 aliphatic heterocycles. The predicted octanol–water partition coefficient (Wildman–Crippen LogP) is 3.70. The van der Waals surface area contributed by atoms with E-state index >= 15 is 0 Å². The standard InChI is InChI=1S/C24H20F3N3O6S/c1-3-35-21(32)14-10-29(12-7-8-16-18(9-12)37-23(34)28(16)2)22(33)30(20(14)31)17-11-36-19-13(17)5-4-6-15(19)24(25,26)27/h4-9,14,17H,3,10-11H2,1-2H3. The lowest BCUT2D eigenvalue weighted by atomic mass is 9.98. The average Bonchev–Trinajstić information content (AvgIpc) is 3.39. The van der Waals surface area contributed by atoms with Crippen LogP contribution in [0.15, 0.2) is 41.2 Å². The zero-order valence-corrected chi connectivity index (χ0v) is 20.4. The maximum Gasteiger partial charge on any atom is 0.419 e. The van der Waals surface area contributed by atoms with Crippen molar-refractivity contribution in [1.82, 2.24) is 9.47 Å². The second kappa shape index (κ2) is 8.91. The van der Waals surface area contributed by atoms with E-state index in [9.17, 15) is 32.3 Å². The fourth-order valence-corrected chi connectivity index (χ4v) is 5.52. The first-order chi connectivity index (χ1) is 17.5. The Morgan fingerprint density at radius 3 is 2.65 bits per heavy atom. The van der Waals surface area contributed by atoms with E-state index in [1.165, 1.54) is 21.6 Å². The number of carbonyl (C=O) groups is 3. The third-order valence-corrected chi connectivity index (χ3v) is 7.40. The average molecular weight is 536 g/mol. The van der Waals surface area contributed by atoms with Gasteiger partial charge in [-0.15, -0.1) is 0 Å². The Hall–Kier alpha value is -3.87. The molecule has 0 aliphatic carbocycles. The van der Waals surface area contributed by atoms with E-state index in [1.54, 1.807) is 32.2 Å². The highest BCUT2D eigenvalue weighted by molar-refractivity contribution is 7.16. The molecule has 1 aromatic heterocycles. The van der Waals surface area contributed by atoms with Gasteiger partial charge >= 0.3 is 23.0 Å². The van der Waals surface area contributed by atoms with Crippen molar-refractivity contribution in [3.63, 3.8) is 0 Å². The summed E-state index contributed by atoms with van der Waals surface area (Å²) >= 11 is 0.965. The van der Waals surface area contributed by atoms with E-state index in [0.29, 0.717) is 15.9 Å². The molecule has 1 fully saturated rings. The normalized spacial score (nSPS) is 19.8. The number of aromatic nitrogens is 1. The summed E-state index contributed by atoms with van der Waals surface area (Å²) in [6.45, 7) is 0.827. The van der Waals surface area contributed by atoms with E-state index in [-0.39, 0.29) is 23.6 Å². The van der Waals surface area contributed by atoms with Crippen LogP contribution < -0.4 is 14.5 Å². The number of para-hydroxylation sites is 1. The van der Waals surface area contributed by atoms with Crippen LogP contribution in [-0.2, 0) is 27.5 Å². The van der Waals surface area contributed by atoms with Gasteiger partial charge in [-0.1, -0.05) is 23.5 Å². The Bertz CT molecular complexity index is 1500. The monoisotopic (exact) mass is 535 g/mol. The molecule has 0 bridgehead atoms. The number of urea groups is 1. The fourth-order valence-electron chi connectivity index (χ4n) is 4.61. The van der Waals surface area contributed by atoms with Gasteiger partial charge in [-0.3, -0.25) is 24.2 Å². The Morgan fingerprint density at radius 1 is 1.19 bits per heavy atom. The molecule has 3 amide bonds. The first-order valence-electron chi connectivity index (χ1n) is 11.3. The summed E-state index contributed by atoms with van der Waals surface area (Å²) in [7, 11) is 1.61. The van der Waals surface area contributed by atoms with Crippen LogP contribution in [0.5, 0.6) is 5.75 Å². The molecule has 13 heteroatoms. The second-order valence-corrected chi connectivity index (χ2v) is 9.53. The van der Waals surface area contributed by atoms with E-state index in [1.807, 2.05) is 0 Å². The zero-order chi connectivity index (χ0) is 26.6. The molecule has 2 atom stereocenters. The highest BCUT2D eigenvalue weighted by Crippen LogP contribution is 2.46. The van der Waals surface area contributed by atoms with Crippen molar-refractivity contribution in [2.75, 3.05) is 24.7 Å². The lowest BCUT2D eigenvalue weighted by Crippen LogP contribution is -2.60. The Kier molecular flexibility index (Phi) is 5.97. The van der Waals surface area contributed by atoms with Crippen LogP contribution in [0.4, 0.5) is 23.7 Å². The molecule has 3 heterocycles. The number of thiazole rings is 1. The molecular formula is C24H20F3N3O6S. The van der Waals surface area contributed by atoms with Gasteiger partial charge in [-0.25, -0.2) is 4.79 Å². The van der Waals surface area contributed by atoms with Gasteiger partial charge in [0.2, 0.25) is 5.91 Å². The van der Waals surface area contributed by atoms with Crippen LogP contribution in [0, 0.1) is 5.92 Å². The lowest BCUT2D eigenvalue weighted by Gasteiger charge is -2.39. The first-order valence-corrected chi connectivity index (χ1v) is 12.1. The SMILES string of the molecule is CCOC(=O)C1CN(c2ccc3c(c2)sc(=O)n3C)C(=O)N(C2COc3c2cccc3C(F)(F)F)C1=O. The maximum absolute atomic E-state index is 13.7. The molecule has 3 aromatic rings. The molecule has 0 N–H and O–H groups in total. The number of hydrogen-bond donors (Lipinski definition) is 0. The maximum atomic E-state index is 13.7. The first kappa shape index (κ1) is 24.8. The highest BCUT2D eigenvalue weighted by Gasteiger charge is 2.50. The summed E-state index contributed by atoms with van der Waals surface area (Å²) in [5.74, 6) is -3.61. The number of aryl methyl sites for hydroxylation is 1. The van der Waals surface area contributed by atoms with Crippen LogP contribution >= 0.6 is 11.3 Å². The minimum absolute atomic E-state index is 0.00912. The summed E-state index contributed by atoms with van der Waals surface area (Å²) in [4.78, 5) is 53.7. The van der Waals surface area contributed by atoms with E-state index in [4.69, 9.17) is 9.47 Å². The van der Waals surface area contributed by atoms with Crippen molar-refractivity contribution in [1.29, 1.82) is 0 Å². The number of alkyl halides is 3. The summed E-state index contributed by atoms with van der Waals surface area (Å²) in [6.07, 6.45) is -4.71. The van der Waals surface area contributed by atoms with Crippen LogP contribution in [-0.4, -0.2) is 47.1 Å². The van der Waals surface area contributed by atoms with Gasteiger partial charge in [0.15, 0.2) is 5.92 Å². The molecule has 0 saturated carbocycles. The van der Waals surface area contributed by atoms with Gasteiger partial charge in [0.05, 0.1) is 28.9 Å². The van der Waals surface area contributed by atoms with Crippen molar-refractivity contribution in [2.45, 2.75) is 19.1 Å². The van der Waals surface area contributed by atoms with E-state index in [2.05, 4.69) is 0 Å². The van der Waals surface area contributed by atoms with Gasteiger partial charge in [0, 0.05) is 18.3 Å². The van der Waals surface area contributed by atoms with Crippen molar-refractivity contribution in [3.05, 3.63) is 57.2 Å². The number of esters is 1. The molecule has 0 radical (unpaired) electrons. The van der Waals surface area contributed by atoms with E-state index in [0.717, 1.165) is 22.3 Å². The number of ether oxygens (including phenoxy) is 2. The smallest absolute Gasteiger partial charge is 0.419 e. The molecule has 2 aliphatic rings. The lowest BCUT2D eigenvalue weighted by molar-refractivity contribution is -0.155. The highest BCUT2D eigenvalue weighted by atomic mass is 32.1. The van der Waals surface area contributed by atoms with Crippen molar-refractivity contribution in [2.24, 2.45) is 13.0 Å². The molecule has 0 spiro atoms. The van der Waals surface area contributed by atoms with Crippen LogP contribution in [0.1, 0.15) is 24.1 Å². The summed E-state index contributed by atoms with van der Waals surface area (Å²) in [5.41, 5.74) is -0.0597. The van der Waals surface area contributed by atoms with Crippen LogP contribution in [0.3, 0.4) is 0 Å². The second-order valence-electron chi connectivity index (χ2n) is 8.53. The minimum Gasteiger partial charge on any atom is -0.490 e. The van der Waals surface area contributed by atoms with Gasteiger partial charge in [-0.05, 0) is 31.2 Å². The summed E-state index contributed by atoms with van der Waals surface area (Å²) in [6, 6.07) is 6.18. The Labute approximate surface area is 211 Å². The summed E-state index contributed by atoms with van der Waals surface area (Å²) in [5, 5.41) is 0. The van der Waals surface area contributed by atoms with Crippen molar-refractivity contribution < 1.29 is 37.0 Å². The van der Waals surface area contributed by atoms with Gasteiger partial charge in [0.1, 0.15) is 18.4 Å².